The lowest BCUT2D eigenvalue weighted by Crippen LogP contribution is -2.21. The standard InChI is InChI=1S/C19H16BrO3P/c20-14-11-12-18(21)17(13-14)19(22)24(23,15-7-3-1-4-8-15)16-9-5-2-6-10-16/h1-13,19,21-22H. The molecule has 0 aromatic heterocycles. The van der Waals surface area contributed by atoms with Crippen molar-refractivity contribution in [3.63, 3.8) is 0 Å². The first-order valence-electron chi connectivity index (χ1n) is 7.41. The van der Waals surface area contributed by atoms with Gasteiger partial charge in [0, 0.05) is 20.6 Å². The van der Waals surface area contributed by atoms with Gasteiger partial charge in [-0.2, -0.15) is 0 Å². The number of aromatic hydroxyl groups is 1. The zero-order valence-electron chi connectivity index (χ0n) is 12.7. The second kappa shape index (κ2) is 6.94. The van der Waals surface area contributed by atoms with Crippen LogP contribution in [0.5, 0.6) is 5.75 Å². The van der Waals surface area contributed by atoms with Crippen LogP contribution < -0.4 is 10.6 Å². The normalized spacial score (nSPS) is 12.8. The quantitative estimate of drug-likeness (QED) is 0.644. The van der Waals surface area contributed by atoms with Crippen LogP contribution in [0.4, 0.5) is 0 Å². The lowest BCUT2D eigenvalue weighted by atomic mass is 10.2. The number of benzene rings is 3. The van der Waals surface area contributed by atoms with Crippen LogP contribution in [0.3, 0.4) is 0 Å². The fourth-order valence-electron chi connectivity index (χ4n) is 2.66. The monoisotopic (exact) mass is 402 g/mol. The summed E-state index contributed by atoms with van der Waals surface area (Å²) < 4.78 is 14.7. The van der Waals surface area contributed by atoms with Crippen LogP contribution in [0.1, 0.15) is 11.4 Å². The van der Waals surface area contributed by atoms with E-state index in [-0.39, 0.29) is 11.3 Å². The van der Waals surface area contributed by atoms with Crippen molar-refractivity contribution in [1.29, 1.82) is 0 Å². The van der Waals surface area contributed by atoms with Gasteiger partial charge in [0.05, 0.1) is 0 Å². The number of phenolic OH excluding ortho intramolecular Hbond substituents is 1. The Bertz CT molecular complexity index is 838. The molecule has 3 aromatic rings. The van der Waals surface area contributed by atoms with Crippen molar-refractivity contribution in [2.75, 3.05) is 0 Å². The number of aliphatic hydroxyl groups excluding tert-OH is 1. The molecule has 0 aliphatic heterocycles. The predicted octanol–water partition coefficient (Wildman–Crippen LogP) is 4.16. The fourth-order valence-corrected chi connectivity index (χ4v) is 5.73. The summed E-state index contributed by atoms with van der Waals surface area (Å²) in [6.07, 6.45) is 0. The maximum Gasteiger partial charge on any atom is 0.174 e. The van der Waals surface area contributed by atoms with Crippen molar-refractivity contribution in [3.8, 4) is 5.75 Å². The van der Waals surface area contributed by atoms with Gasteiger partial charge in [0.1, 0.15) is 11.6 Å². The van der Waals surface area contributed by atoms with Crippen LogP contribution in [0.25, 0.3) is 0 Å². The SMILES string of the molecule is O=P(c1ccccc1)(c1ccccc1)C(O)c1cc(Br)ccc1O. The van der Waals surface area contributed by atoms with Gasteiger partial charge < -0.3 is 14.8 Å². The lowest BCUT2D eigenvalue weighted by Gasteiger charge is -2.25. The van der Waals surface area contributed by atoms with Crippen LogP contribution in [0.2, 0.25) is 0 Å². The molecule has 0 saturated heterocycles. The van der Waals surface area contributed by atoms with Gasteiger partial charge in [-0.15, -0.1) is 0 Å². The molecule has 3 rings (SSSR count). The van der Waals surface area contributed by atoms with Crippen LogP contribution in [-0.2, 0) is 4.57 Å². The summed E-state index contributed by atoms with van der Waals surface area (Å²) in [5.41, 5.74) is 0.236. The Hall–Kier alpha value is -1.87. The zero-order chi connectivity index (χ0) is 17.2. The van der Waals surface area contributed by atoms with Crippen molar-refractivity contribution in [1.82, 2.24) is 0 Å². The van der Waals surface area contributed by atoms with E-state index in [1.165, 1.54) is 6.07 Å². The molecule has 0 radical (unpaired) electrons. The highest BCUT2D eigenvalue weighted by molar-refractivity contribution is 9.10. The fraction of sp³-hybridized carbons (Fsp3) is 0.0526. The molecule has 0 bridgehead atoms. The number of hydrogen-bond donors (Lipinski definition) is 2. The first-order chi connectivity index (χ1) is 11.5. The highest BCUT2D eigenvalue weighted by Crippen LogP contribution is 2.57. The lowest BCUT2D eigenvalue weighted by molar-refractivity contribution is 0.251. The number of hydrogen-bond acceptors (Lipinski definition) is 3. The van der Waals surface area contributed by atoms with E-state index >= 15 is 0 Å². The van der Waals surface area contributed by atoms with E-state index < -0.39 is 13.0 Å². The summed E-state index contributed by atoms with van der Waals surface area (Å²) in [7, 11) is -3.41. The van der Waals surface area contributed by atoms with Crippen molar-refractivity contribution < 1.29 is 14.8 Å². The van der Waals surface area contributed by atoms with Crippen molar-refractivity contribution >= 4 is 33.7 Å². The third-order valence-corrected chi connectivity index (χ3v) is 7.48. The van der Waals surface area contributed by atoms with Gasteiger partial charge in [-0.05, 0) is 18.2 Å². The molecule has 0 heterocycles. The van der Waals surface area contributed by atoms with Crippen molar-refractivity contribution in [2.45, 2.75) is 5.85 Å². The molecule has 5 heteroatoms. The van der Waals surface area contributed by atoms with E-state index in [4.69, 9.17) is 0 Å². The summed E-state index contributed by atoms with van der Waals surface area (Å²) in [5.74, 6) is -1.43. The van der Waals surface area contributed by atoms with Crippen LogP contribution in [0, 0.1) is 0 Å². The Morgan fingerprint density at radius 1 is 0.833 bits per heavy atom. The molecule has 0 aliphatic carbocycles. The Morgan fingerprint density at radius 2 is 1.33 bits per heavy atom. The summed E-state index contributed by atoms with van der Waals surface area (Å²) in [6.45, 7) is 0. The number of aliphatic hydroxyl groups is 1. The number of phenols is 1. The molecular weight excluding hydrogens is 387 g/mol. The largest absolute Gasteiger partial charge is 0.508 e. The van der Waals surface area contributed by atoms with Gasteiger partial charge in [-0.25, -0.2) is 0 Å². The number of halogens is 1. The van der Waals surface area contributed by atoms with E-state index in [2.05, 4.69) is 15.9 Å². The van der Waals surface area contributed by atoms with Crippen LogP contribution in [0.15, 0.2) is 83.3 Å². The first kappa shape index (κ1) is 17.0. The smallest absolute Gasteiger partial charge is 0.174 e. The van der Waals surface area contributed by atoms with E-state index in [9.17, 15) is 14.8 Å². The van der Waals surface area contributed by atoms with Gasteiger partial charge in [0.15, 0.2) is 7.14 Å². The molecule has 0 fully saturated rings. The topological polar surface area (TPSA) is 57.5 Å². The first-order valence-corrected chi connectivity index (χ1v) is 9.98. The maximum atomic E-state index is 14.0. The minimum absolute atomic E-state index is 0.0854. The Labute approximate surface area is 149 Å². The third kappa shape index (κ3) is 3.05. The van der Waals surface area contributed by atoms with Gasteiger partial charge in [-0.1, -0.05) is 76.6 Å². The van der Waals surface area contributed by atoms with Gasteiger partial charge in [-0.3, -0.25) is 0 Å². The molecule has 24 heavy (non-hydrogen) atoms. The van der Waals surface area contributed by atoms with Crippen molar-refractivity contribution in [3.05, 3.63) is 88.9 Å². The average molecular weight is 403 g/mol. The maximum absolute atomic E-state index is 14.0. The summed E-state index contributed by atoms with van der Waals surface area (Å²) in [5, 5.41) is 22.3. The highest BCUT2D eigenvalue weighted by atomic mass is 79.9. The van der Waals surface area contributed by atoms with Crippen LogP contribution >= 0.6 is 23.1 Å². The van der Waals surface area contributed by atoms with E-state index in [0.717, 1.165) is 0 Å². The summed E-state index contributed by atoms with van der Waals surface area (Å²) in [4.78, 5) is 0. The van der Waals surface area contributed by atoms with Gasteiger partial charge in [0.25, 0.3) is 0 Å². The minimum atomic E-state index is -3.41. The molecule has 0 spiro atoms. The second-order valence-corrected chi connectivity index (χ2v) is 9.16. The zero-order valence-corrected chi connectivity index (χ0v) is 15.2. The van der Waals surface area contributed by atoms with Crippen LogP contribution in [-0.4, -0.2) is 10.2 Å². The molecule has 122 valence electrons. The molecule has 1 unspecified atom stereocenters. The molecular formula is C19H16BrO3P. The molecule has 1 atom stereocenters. The summed E-state index contributed by atoms with van der Waals surface area (Å²) in [6, 6.07) is 22.5. The molecule has 0 saturated carbocycles. The Kier molecular flexibility index (Phi) is 4.91. The van der Waals surface area contributed by atoms with E-state index in [1.807, 2.05) is 12.1 Å². The molecule has 3 aromatic carbocycles. The molecule has 3 nitrogen and oxygen atoms in total. The highest BCUT2D eigenvalue weighted by Gasteiger charge is 2.37. The predicted molar refractivity (Wildman–Crippen MR) is 101 cm³/mol. The average Bonchev–Trinajstić information content (AvgIpc) is 2.64. The molecule has 2 N–H and O–H groups in total. The molecule has 0 amide bonds. The van der Waals surface area contributed by atoms with Crippen molar-refractivity contribution in [2.24, 2.45) is 0 Å². The third-order valence-electron chi connectivity index (χ3n) is 3.89. The van der Waals surface area contributed by atoms with E-state index in [1.54, 1.807) is 60.7 Å². The minimum Gasteiger partial charge on any atom is -0.508 e. The van der Waals surface area contributed by atoms with Gasteiger partial charge in [0.2, 0.25) is 0 Å². The number of rotatable bonds is 4. The summed E-state index contributed by atoms with van der Waals surface area (Å²) >= 11 is 3.33. The van der Waals surface area contributed by atoms with Gasteiger partial charge >= 0.3 is 0 Å². The Morgan fingerprint density at radius 3 is 1.83 bits per heavy atom. The van der Waals surface area contributed by atoms with E-state index in [0.29, 0.717) is 15.1 Å². The Balaban J connectivity index is 2.23. The second-order valence-electron chi connectivity index (χ2n) is 5.41. The molecule has 0 aliphatic rings.